The fraction of sp³-hybridized carbons (Fsp3) is 1.00. The van der Waals surface area contributed by atoms with Gasteiger partial charge in [0.05, 0.1) is 0 Å². The SMILES string of the molecule is C[C@H]1CC[C@@H](NS(=O)O)C1. The van der Waals surface area contributed by atoms with E-state index >= 15 is 0 Å². The van der Waals surface area contributed by atoms with Gasteiger partial charge in [0.1, 0.15) is 0 Å². The summed E-state index contributed by atoms with van der Waals surface area (Å²) in [4.78, 5) is 0. The molecule has 10 heavy (non-hydrogen) atoms. The monoisotopic (exact) mass is 163 g/mol. The van der Waals surface area contributed by atoms with E-state index in [9.17, 15) is 4.21 Å². The molecule has 1 aliphatic rings. The topological polar surface area (TPSA) is 49.3 Å². The van der Waals surface area contributed by atoms with E-state index in [4.69, 9.17) is 4.55 Å². The van der Waals surface area contributed by atoms with E-state index in [1.807, 2.05) is 0 Å². The molecule has 0 spiro atoms. The van der Waals surface area contributed by atoms with Crippen molar-refractivity contribution in [3.05, 3.63) is 0 Å². The van der Waals surface area contributed by atoms with Gasteiger partial charge in [-0.3, -0.25) is 4.55 Å². The molecule has 0 saturated heterocycles. The predicted molar refractivity (Wildman–Crippen MR) is 40.7 cm³/mol. The second-order valence-corrected chi connectivity index (χ2v) is 3.72. The van der Waals surface area contributed by atoms with Gasteiger partial charge in [-0.25, -0.2) is 8.93 Å². The van der Waals surface area contributed by atoms with Crippen molar-refractivity contribution in [1.29, 1.82) is 0 Å². The molecular weight excluding hydrogens is 150 g/mol. The average molecular weight is 163 g/mol. The quantitative estimate of drug-likeness (QED) is 0.594. The van der Waals surface area contributed by atoms with E-state index in [1.165, 1.54) is 6.42 Å². The van der Waals surface area contributed by atoms with Crippen LogP contribution in [0.3, 0.4) is 0 Å². The second-order valence-electron chi connectivity index (χ2n) is 2.98. The van der Waals surface area contributed by atoms with Gasteiger partial charge in [0, 0.05) is 6.04 Å². The first-order valence-electron chi connectivity index (χ1n) is 3.55. The largest absolute Gasteiger partial charge is 0.294 e. The minimum atomic E-state index is -1.82. The number of rotatable bonds is 2. The van der Waals surface area contributed by atoms with Crippen molar-refractivity contribution in [2.24, 2.45) is 5.92 Å². The zero-order valence-corrected chi connectivity index (χ0v) is 6.86. The summed E-state index contributed by atoms with van der Waals surface area (Å²) in [7, 11) is 0. The highest BCUT2D eigenvalue weighted by atomic mass is 32.2. The van der Waals surface area contributed by atoms with Crippen molar-refractivity contribution in [3.8, 4) is 0 Å². The highest BCUT2D eigenvalue weighted by Gasteiger charge is 2.21. The van der Waals surface area contributed by atoms with Crippen molar-refractivity contribution in [2.75, 3.05) is 0 Å². The lowest BCUT2D eigenvalue weighted by molar-refractivity contribution is 0.516. The molecule has 0 aromatic rings. The van der Waals surface area contributed by atoms with Gasteiger partial charge < -0.3 is 0 Å². The van der Waals surface area contributed by atoms with Gasteiger partial charge in [-0.05, 0) is 25.2 Å². The Labute approximate surface area is 63.6 Å². The second kappa shape index (κ2) is 3.46. The van der Waals surface area contributed by atoms with Crippen LogP contribution < -0.4 is 4.72 Å². The first-order chi connectivity index (χ1) is 4.68. The van der Waals surface area contributed by atoms with Crippen molar-refractivity contribution < 1.29 is 8.76 Å². The predicted octanol–water partition coefficient (Wildman–Crippen LogP) is 0.901. The van der Waals surface area contributed by atoms with Gasteiger partial charge in [-0.1, -0.05) is 6.92 Å². The molecule has 0 amide bonds. The Hall–Kier alpha value is 0.0700. The molecule has 0 radical (unpaired) electrons. The van der Waals surface area contributed by atoms with Crippen LogP contribution in [0.25, 0.3) is 0 Å². The van der Waals surface area contributed by atoms with Crippen LogP contribution in [0.5, 0.6) is 0 Å². The van der Waals surface area contributed by atoms with E-state index in [0.29, 0.717) is 5.92 Å². The van der Waals surface area contributed by atoms with E-state index in [1.54, 1.807) is 0 Å². The molecule has 0 bridgehead atoms. The molecule has 1 fully saturated rings. The summed E-state index contributed by atoms with van der Waals surface area (Å²) in [5.41, 5.74) is 0. The van der Waals surface area contributed by atoms with Gasteiger partial charge in [0.15, 0.2) is 0 Å². The Morgan fingerprint density at radius 1 is 1.60 bits per heavy atom. The molecule has 0 heterocycles. The van der Waals surface area contributed by atoms with Crippen LogP contribution in [-0.2, 0) is 11.3 Å². The Bertz CT molecular complexity index is 140. The van der Waals surface area contributed by atoms with Crippen molar-refractivity contribution >= 4 is 11.3 Å². The maximum Gasteiger partial charge on any atom is 0.231 e. The molecule has 1 unspecified atom stereocenters. The molecule has 0 aliphatic heterocycles. The van der Waals surface area contributed by atoms with E-state index < -0.39 is 11.3 Å². The minimum Gasteiger partial charge on any atom is -0.294 e. The summed E-state index contributed by atoms with van der Waals surface area (Å²) in [6, 6.07) is 0.265. The first-order valence-corrected chi connectivity index (χ1v) is 4.66. The average Bonchev–Trinajstić information content (AvgIpc) is 2.13. The molecule has 0 aromatic heterocycles. The number of hydrogen-bond donors (Lipinski definition) is 2. The summed E-state index contributed by atoms with van der Waals surface area (Å²) >= 11 is -1.82. The maximum atomic E-state index is 10.3. The summed E-state index contributed by atoms with van der Waals surface area (Å²) in [6.07, 6.45) is 3.24. The molecule has 1 saturated carbocycles. The van der Waals surface area contributed by atoms with Crippen LogP contribution in [0.15, 0.2) is 0 Å². The Morgan fingerprint density at radius 3 is 2.70 bits per heavy atom. The standard InChI is InChI=1S/C6H13NO2S/c1-5-2-3-6(4-5)7-10(8)9/h5-7H,2-4H2,1H3,(H,8,9)/t5-,6+/m0/s1. The fourth-order valence-corrected chi connectivity index (χ4v) is 1.96. The first kappa shape index (κ1) is 8.17. The molecule has 4 heteroatoms. The molecule has 1 rings (SSSR count). The Balaban J connectivity index is 2.24. The van der Waals surface area contributed by atoms with E-state index in [2.05, 4.69) is 11.6 Å². The summed E-state index contributed by atoms with van der Waals surface area (Å²) in [5.74, 6) is 0.709. The normalized spacial score (nSPS) is 36.2. The van der Waals surface area contributed by atoms with Crippen LogP contribution >= 0.6 is 0 Å². The third kappa shape index (κ3) is 2.36. The molecule has 0 aromatic carbocycles. The van der Waals surface area contributed by atoms with Crippen molar-refractivity contribution in [3.63, 3.8) is 0 Å². The molecular formula is C6H13NO2S. The van der Waals surface area contributed by atoms with Gasteiger partial charge in [0.2, 0.25) is 11.3 Å². The molecule has 2 N–H and O–H groups in total. The fourth-order valence-electron chi connectivity index (χ4n) is 1.46. The maximum absolute atomic E-state index is 10.3. The smallest absolute Gasteiger partial charge is 0.231 e. The number of hydrogen-bond acceptors (Lipinski definition) is 1. The lowest BCUT2D eigenvalue weighted by atomic mass is 10.1. The van der Waals surface area contributed by atoms with Crippen LogP contribution in [0.4, 0.5) is 0 Å². The third-order valence-electron chi connectivity index (χ3n) is 1.96. The number of nitrogens with one attached hydrogen (secondary N) is 1. The van der Waals surface area contributed by atoms with Crippen LogP contribution in [0.2, 0.25) is 0 Å². The Morgan fingerprint density at radius 2 is 2.30 bits per heavy atom. The highest BCUT2D eigenvalue weighted by molar-refractivity contribution is 7.77. The van der Waals surface area contributed by atoms with E-state index in [-0.39, 0.29) is 6.04 Å². The molecule has 1 aliphatic carbocycles. The molecule has 3 atom stereocenters. The van der Waals surface area contributed by atoms with Gasteiger partial charge >= 0.3 is 0 Å². The van der Waals surface area contributed by atoms with Crippen molar-refractivity contribution in [1.82, 2.24) is 4.72 Å². The zero-order valence-electron chi connectivity index (χ0n) is 6.04. The molecule has 60 valence electrons. The highest BCUT2D eigenvalue weighted by Crippen LogP contribution is 2.24. The third-order valence-corrected chi connectivity index (χ3v) is 2.50. The lowest BCUT2D eigenvalue weighted by Crippen LogP contribution is -2.27. The van der Waals surface area contributed by atoms with Crippen LogP contribution in [0, 0.1) is 5.92 Å². The lowest BCUT2D eigenvalue weighted by Gasteiger charge is -2.06. The molecule has 3 nitrogen and oxygen atoms in total. The van der Waals surface area contributed by atoms with Crippen LogP contribution in [0.1, 0.15) is 26.2 Å². The summed E-state index contributed by atoms with van der Waals surface area (Å²) in [6.45, 7) is 2.17. The zero-order chi connectivity index (χ0) is 7.56. The summed E-state index contributed by atoms with van der Waals surface area (Å²) in [5, 5.41) is 0. The summed E-state index contributed by atoms with van der Waals surface area (Å²) < 4.78 is 21.3. The Kier molecular flexibility index (Phi) is 2.82. The van der Waals surface area contributed by atoms with Gasteiger partial charge in [-0.2, -0.15) is 0 Å². The minimum absolute atomic E-state index is 0.265. The van der Waals surface area contributed by atoms with Crippen LogP contribution in [-0.4, -0.2) is 14.8 Å². The van der Waals surface area contributed by atoms with Gasteiger partial charge in [-0.15, -0.1) is 0 Å². The van der Waals surface area contributed by atoms with Crippen molar-refractivity contribution in [2.45, 2.75) is 32.2 Å². The van der Waals surface area contributed by atoms with Gasteiger partial charge in [0.25, 0.3) is 0 Å². The van der Waals surface area contributed by atoms with E-state index in [0.717, 1.165) is 12.8 Å².